The van der Waals surface area contributed by atoms with Crippen molar-refractivity contribution in [3.8, 4) is 0 Å². The predicted octanol–water partition coefficient (Wildman–Crippen LogP) is 5.16. The van der Waals surface area contributed by atoms with Gasteiger partial charge >= 0.3 is 0 Å². The van der Waals surface area contributed by atoms with Gasteiger partial charge < -0.3 is 5.32 Å². The van der Waals surface area contributed by atoms with Crippen molar-refractivity contribution in [1.29, 1.82) is 0 Å². The summed E-state index contributed by atoms with van der Waals surface area (Å²) < 4.78 is 13.7. The monoisotopic (exact) mass is 432 g/mol. The second-order valence-electron chi connectivity index (χ2n) is 5.75. The molecule has 0 radical (unpaired) electrons. The molecule has 144 valence electrons. The highest BCUT2D eigenvalue weighted by Gasteiger charge is 2.12. The van der Waals surface area contributed by atoms with E-state index in [2.05, 4.69) is 10.3 Å². The molecule has 4 nitrogen and oxygen atoms in total. The van der Waals surface area contributed by atoms with Crippen LogP contribution in [0.5, 0.6) is 0 Å². The summed E-state index contributed by atoms with van der Waals surface area (Å²) in [5.41, 5.74) is 1.92. The number of aromatic nitrogens is 1. The highest BCUT2D eigenvalue weighted by Crippen LogP contribution is 2.26. The number of amides is 1. The van der Waals surface area contributed by atoms with Crippen LogP contribution in [0.4, 0.5) is 10.1 Å². The fraction of sp³-hybridized carbons (Fsp3) is 0.150. The molecule has 1 heterocycles. The Balaban J connectivity index is 1.53. The molecule has 1 amide bonds. The molecule has 0 unspecified atom stereocenters. The summed E-state index contributed by atoms with van der Waals surface area (Å²) >= 11 is 4.29. The zero-order valence-electron chi connectivity index (χ0n) is 15.0. The zero-order valence-corrected chi connectivity index (χ0v) is 17.4. The Morgan fingerprint density at radius 3 is 2.64 bits per heavy atom. The average Bonchev–Trinajstić information content (AvgIpc) is 3.14. The molecule has 0 saturated carbocycles. The number of ketones is 1. The molecule has 1 aromatic heterocycles. The van der Waals surface area contributed by atoms with Gasteiger partial charge in [-0.1, -0.05) is 23.9 Å². The lowest BCUT2D eigenvalue weighted by Gasteiger charge is -2.08. The van der Waals surface area contributed by atoms with Gasteiger partial charge in [0, 0.05) is 15.8 Å². The fourth-order valence-corrected chi connectivity index (χ4v) is 4.68. The molecule has 0 aliphatic heterocycles. The summed E-state index contributed by atoms with van der Waals surface area (Å²) in [6.07, 6.45) is 2.13. The smallest absolute Gasteiger partial charge is 0.230 e. The number of thiazole rings is 1. The standard InChI is InChI=1S/C20H17FN2O2S3/c1-26-18-5-3-2-4-16(18)23-19(25)10-15-11-27-20(22-15)28-12-17(24)13-6-8-14(21)9-7-13/h2-9,11H,10,12H2,1H3,(H,23,25). The number of anilines is 1. The minimum atomic E-state index is -0.368. The Morgan fingerprint density at radius 1 is 1.14 bits per heavy atom. The highest BCUT2D eigenvalue weighted by molar-refractivity contribution is 8.01. The van der Waals surface area contributed by atoms with E-state index in [-0.39, 0.29) is 29.7 Å². The lowest BCUT2D eigenvalue weighted by Crippen LogP contribution is -2.15. The molecule has 0 aliphatic carbocycles. The molecule has 0 spiro atoms. The molecule has 2 aromatic carbocycles. The van der Waals surface area contributed by atoms with Crippen molar-refractivity contribution in [2.45, 2.75) is 15.7 Å². The van der Waals surface area contributed by atoms with Crippen LogP contribution >= 0.6 is 34.9 Å². The molecule has 1 N–H and O–H groups in total. The predicted molar refractivity (Wildman–Crippen MR) is 114 cm³/mol. The van der Waals surface area contributed by atoms with Gasteiger partial charge in [-0.05, 0) is 42.7 Å². The Labute approximate surface area is 175 Å². The van der Waals surface area contributed by atoms with Crippen molar-refractivity contribution >= 4 is 52.2 Å². The first-order valence-electron chi connectivity index (χ1n) is 8.34. The van der Waals surface area contributed by atoms with Gasteiger partial charge in [-0.2, -0.15) is 0 Å². The van der Waals surface area contributed by atoms with Crippen LogP contribution in [-0.2, 0) is 11.2 Å². The summed E-state index contributed by atoms with van der Waals surface area (Å²) in [4.78, 5) is 29.9. The molecular formula is C20H17FN2O2S3. The number of para-hydroxylation sites is 1. The third-order valence-corrected chi connectivity index (χ3v) is 6.61. The molecule has 28 heavy (non-hydrogen) atoms. The second-order valence-corrected chi connectivity index (χ2v) is 8.68. The van der Waals surface area contributed by atoms with E-state index in [0.717, 1.165) is 14.9 Å². The van der Waals surface area contributed by atoms with Crippen molar-refractivity contribution in [3.63, 3.8) is 0 Å². The third-order valence-electron chi connectivity index (χ3n) is 3.75. The molecule has 0 fully saturated rings. The SMILES string of the molecule is CSc1ccccc1NC(=O)Cc1csc(SCC(=O)c2ccc(F)cc2)n1. The van der Waals surface area contributed by atoms with Gasteiger partial charge in [0.25, 0.3) is 0 Å². The van der Waals surface area contributed by atoms with Crippen molar-refractivity contribution in [3.05, 3.63) is 71.0 Å². The molecular weight excluding hydrogens is 415 g/mol. The van der Waals surface area contributed by atoms with E-state index in [1.165, 1.54) is 47.4 Å². The van der Waals surface area contributed by atoms with E-state index in [1.54, 1.807) is 11.8 Å². The van der Waals surface area contributed by atoms with Crippen molar-refractivity contribution in [2.24, 2.45) is 0 Å². The fourth-order valence-electron chi connectivity index (χ4n) is 2.39. The van der Waals surface area contributed by atoms with Crippen LogP contribution < -0.4 is 5.32 Å². The van der Waals surface area contributed by atoms with Crippen molar-refractivity contribution in [1.82, 2.24) is 4.98 Å². The Morgan fingerprint density at radius 2 is 1.89 bits per heavy atom. The largest absolute Gasteiger partial charge is 0.325 e. The Hall–Kier alpha value is -2.16. The van der Waals surface area contributed by atoms with E-state index >= 15 is 0 Å². The van der Waals surface area contributed by atoms with Gasteiger partial charge in [0.2, 0.25) is 5.91 Å². The number of hydrogen-bond donors (Lipinski definition) is 1. The van der Waals surface area contributed by atoms with E-state index in [1.807, 2.05) is 35.9 Å². The topological polar surface area (TPSA) is 59.1 Å². The minimum absolute atomic E-state index is 0.0897. The maximum Gasteiger partial charge on any atom is 0.230 e. The third kappa shape index (κ3) is 5.67. The van der Waals surface area contributed by atoms with Crippen molar-refractivity contribution < 1.29 is 14.0 Å². The van der Waals surface area contributed by atoms with E-state index in [9.17, 15) is 14.0 Å². The number of benzene rings is 2. The summed E-state index contributed by atoms with van der Waals surface area (Å²) in [5.74, 6) is -0.377. The zero-order chi connectivity index (χ0) is 19.9. The van der Waals surface area contributed by atoms with Crippen LogP contribution in [0.1, 0.15) is 16.1 Å². The lowest BCUT2D eigenvalue weighted by molar-refractivity contribution is -0.115. The number of nitrogens with one attached hydrogen (secondary N) is 1. The van der Waals surface area contributed by atoms with Crippen LogP contribution in [0.15, 0.2) is 63.1 Å². The first-order valence-corrected chi connectivity index (χ1v) is 11.4. The van der Waals surface area contributed by atoms with Crippen LogP contribution in [-0.4, -0.2) is 28.7 Å². The first-order chi connectivity index (χ1) is 13.5. The quantitative estimate of drug-likeness (QED) is 0.394. The Bertz CT molecular complexity index is 974. The van der Waals surface area contributed by atoms with Gasteiger partial charge in [0.1, 0.15) is 5.82 Å². The average molecular weight is 433 g/mol. The molecule has 0 saturated heterocycles. The number of carbonyl (C=O) groups is 2. The summed E-state index contributed by atoms with van der Waals surface area (Å²) in [6, 6.07) is 13.1. The number of rotatable bonds is 8. The van der Waals surface area contributed by atoms with E-state index in [0.29, 0.717) is 11.3 Å². The molecule has 0 atom stereocenters. The number of Topliss-reactive ketones (excluding diaryl/α,β-unsaturated/α-hetero) is 1. The minimum Gasteiger partial charge on any atom is -0.325 e. The lowest BCUT2D eigenvalue weighted by atomic mass is 10.1. The van der Waals surface area contributed by atoms with Crippen molar-refractivity contribution in [2.75, 3.05) is 17.3 Å². The number of halogens is 1. The van der Waals surface area contributed by atoms with Crippen LogP contribution in [0.3, 0.4) is 0 Å². The number of carbonyl (C=O) groups excluding carboxylic acids is 2. The highest BCUT2D eigenvalue weighted by atomic mass is 32.2. The van der Waals surface area contributed by atoms with Crippen LogP contribution in [0.25, 0.3) is 0 Å². The Kier molecular flexibility index (Phi) is 7.24. The number of hydrogen-bond acceptors (Lipinski definition) is 6. The molecule has 0 aliphatic rings. The van der Waals surface area contributed by atoms with Crippen LogP contribution in [0.2, 0.25) is 0 Å². The summed E-state index contributed by atoms with van der Waals surface area (Å²) in [7, 11) is 0. The van der Waals surface area contributed by atoms with Gasteiger partial charge in [0.05, 0.1) is 23.6 Å². The maximum absolute atomic E-state index is 12.9. The first kappa shape index (κ1) is 20.6. The molecule has 8 heteroatoms. The summed E-state index contributed by atoms with van der Waals surface area (Å²) in [6.45, 7) is 0. The van der Waals surface area contributed by atoms with E-state index in [4.69, 9.17) is 0 Å². The molecule has 3 aromatic rings. The van der Waals surface area contributed by atoms with Gasteiger partial charge in [-0.15, -0.1) is 23.1 Å². The van der Waals surface area contributed by atoms with Gasteiger partial charge in [-0.3, -0.25) is 9.59 Å². The number of thioether (sulfide) groups is 2. The van der Waals surface area contributed by atoms with E-state index < -0.39 is 0 Å². The second kappa shape index (κ2) is 9.86. The number of nitrogens with zero attached hydrogens (tertiary/aromatic N) is 1. The maximum atomic E-state index is 12.9. The van der Waals surface area contributed by atoms with Crippen LogP contribution in [0, 0.1) is 5.82 Å². The molecule has 0 bridgehead atoms. The summed E-state index contributed by atoms with van der Waals surface area (Å²) in [5, 5.41) is 4.73. The van der Waals surface area contributed by atoms with Gasteiger partial charge in [-0.25, -0.2) is 9.37 Å². The van der Waals surface area contributed by atoms with Gasteiger partial charge in [0.15, 0.2) is 10.1 Å². The normalized spacial score (nSPS) is 10.6. The molecule has 3 rings (SSSR count).